The van der Waals surface area contributed by atoms with Crippen molar-refractivity contribution in [2.24, 2.45) is 11.3 Å². The summed E-state index contributed by atoms with van der Waals surface area (Å²) in [4.78, 5) is 16.5. The van der Waals surface area contributed by atoms with E-state index in [1.165, 1.54) is 30.4 Å². The number of hydrogen-bond donors (Lipinski definition) is 1. The minimum absolute atomic E-state index is 0.0808. The highest BCUT2D eigenvalue weighted by Gasteiger charge is 2.64. The fourth-order valence-corrected chi connectivity index (χ4v) is 5.71. The highest BCUT2D eigenvalue weighted by Crippen LogP contribution is 2.65. The number of nitrogens with zero attached hydrogens (tertiary/aromatic N) is 1. The van der Waals surface area contributed by atoms with Gasteiger partial charge in [0.1, 0.15) is 11.3 Å². The Morgan fingerprint density at radius 1 is 1.28 bits per heavy atom. The molecule has 2 heterocycles. The molecular formula is C25H30N2O2. The van der Waals surface area contributed by atoms with E-state index in [0.29, 0.717) is 23.6 Å². The van der Waals surface area contributed by atoms with E-state index in [-0.39, 0.29) is 17.6 Å². The summed E-state index contributed by atoms with van der Waals surface area (Å²) < 4.78 is 6.38. The number of allylic oxidation sites excluding steroid dienone is 3. The zero-order chi connectivity index (χ0) is 20.2. The number of hydrogen-bond acceptors (Lipinski definition) is 3. The van der Waals surface area contributed by atoms with Gasteiger partial charge in [0.25, 0.3) is 5.91 Å². The van der Waals surface area contributed by atoms with Gasteiger partial charge < -0.3 is 10.1 Å². The summed E-state index contributed by atoms with van der Waals surface area (Å²) >= 11 is 0. The number of rotatable bonds is 4. The third-order valence-electron chi connectivity index (χ3n) is 7.46. The minimum atomic E-state index is -0.125. The highest BCUT2D eigenvalue weighted by molar-refractivity contribution is 5.92. The average molecular weight is 391 g/mol. The van der Waals surface area contributed by atoms with Crippen LogP contribution in [0.15, 0.2) is 58.8 Å². The van der Waals surface area contributed by atoms with Gasteiger partial charge in [-0.05, 0) is 72.3 Å². The molecule has 0 aromatic carbocycles. The van der Waals surface area contributed by atoms with Crippen LogP contribution in [0.3, 0.4) is 0 Å². The van der Waals surface area contributed by atoms with E-state index in [1.807, 2.05) is 12.1 Å². The largest absolute Gasteiger partial charge is 0.361 e. The third kappa shape index (κ3) is 3.00. The normalized spacial score (nSPS) is 32.6. The van der Waals surface area contributed by atoms with Crippen LogP contribution >= 0.6 is 0 Å². The second-order valence-corrected chi connectivity index (χ2v) is 9.62. The fourth-order valence-electron chi connectivity index (χ4n) is 5.71. The van der Waals surface area contributed by atoms with Crippen molar-refractivity contribution in [2.45, 2.75) is 64.6 Å². The zero-order valence-electron chi connectivity index (χ0n) is 17.6. The molecule has 3 atom stereocenters. The molecule has 1 aliphatic heterocycles. The Morgan fingerprint density at radius 2 is 2.14 bits per heavy atom. The molecule has 1 N–H and O–H groups in total. The summed E-state index contributed by atoms with van der Waals surface area (Å²) in [7, 11) is 0. The summed E-state index contributed by atoms with van der Waals surface area (Å²) in [6.45, 7) is 7.65. The lowest BCUT2D eigenvalue weighted by Crippen LogP contribution is -2.34. The fraction of sp³-hybridized carbons (Fsp3) is 0.520. The first-order chi connectivity index (χ1) is 13.9. The Kier molecular flexibility index (Phi) is 4.32. The van der Waals surface area contributed by atoms with Crippen LogP contribution in [0.2, 0.25) is 0 Å². The molecule has 152 valence electrons. The molecule has 1 aromatic rings. The Morgan fingerprint density at radius 3 is 2.90 bits per heavy atom. The Bertz CT molecular complexity index is 943. The average Bonchev–Trinajstić information content (AvgIpc) is 3.31. The monoisotopic (exact) mass is 390 g/mol. The van der Waals surface area contributed by atoms with Crippen LogP contribution in [0.25, 0.3) is 0 Å². The summed E-state index contributed by atoms with van der Waals surface area (Å²) in [5.74, 6) is 0.463. The number of pyridine rings is 1. The maximum Gasteiger partial charge on any atom is 0.270 e. The molecule has 1 amide bonds. The number of fused-ring (bicyclic) bond motifs is 2. The van der Waals surface area contributed by atoms with Crippen molar-refractivity contribution >= 4 is 5.91 Å². The molecule has 4 aliphatic rings. The quantitative estimate of drug-likeness (QED) is 0.755. The molecule has 1 spiro atoms. The number of nitrogens with one attached hydrogen (secondary N) is 1. The van der Waals surface area contributed by atoms with E-state index in [2.05, 4.69) is 43.2 Å². The molecule has 1 aromatic heterocycles. The molecule has 5 rings (SSSR count). The van der Waals surface area contributed by atoms with E-state index in [1.54, 1.807) is 23.4 Å². The predicted molar refractivity (Wildman–Crippen MR) is 113 cm³/mol. The van der Waals surface area contributed by atoms with Gasteiger partial charge in [-0.2, -0.15) is 0 Å². The van der Waals surface area contributed by atoms with Crippen LogP contribution in [-0.4, -0.2) is 29.1 Å². The SMILES string of the molecule is CC(C)C1=C2C3=CC=C(CNC(=O)c4ccccn4)C[C@@H]4O[C@@]34CC[C@@]2(C)CC1. The second-order valence-electron chi connectivity index (χ2n) is 9.62. The van der Waals surface area contributed by atoms with Gasteiger partial charge in [0, 0.05) is 12.7 Å². The Labute approximate surface area is 173 Å². The summed E-state index contributed by atoms with van der Waals surface area (Å²) in [5.41, 5.74) is 6.57. The molecular weight excluding hydrogens is 360 g/mol. The van der Waals surface area contributed by atoms with Crippen molar-refractivity contribution in [1.82, 2.24) is 10.3 Å². The van der Waals surface area contributed by atoms with Crippen molar-refractivity contribution in [3.8, 4) is 0 Å². The minimum Gasteiger partial charge on any atom is -0.361 e. The maximum atomic E-state index is 12.4. The second kappa shape index (κ2) is 6.66. The molecule has 29 heavy (non-hydrogen) atoms. The molecule has 0 unspecified atom stereocenters. The molecule has 4 heteroatoms. The molecule has 4 nitrogen and oxygen atoms in total. The summed E-state index contributed by atoms with van der Waals surface area (Å²) in [5, 5.41) is 3.03. The number of aromatic nitrogens is 1. The van der Waals surface area contributed by atoms with Gasteiger partial charge in [0.15, 0.2) is 0 Å². The van der Waals surface area contributed by atoms with Gasteiger partial charge in [-0.25, -0.2) is 0 Å². The van der Waals surface area contributed by atoms with Crippen LogP contribution in [-0.2, 0) is 4.74 Å². The summed E-state index contributed by atoms with van der Waals surface area (Å²) in [6.07, 6.45) is 12.2. The van der Waals surface area contributed by atoms with Crippen LogP contribution in [0.4, 0.5) is 0 Å². The number of ether oxygens (including phenoxy) is 1. The van der Waals surface area contributed by atoms with Crippen LogP contribution in [0, 0.1) is 11.3 Å². The van der Waals surface area contributed by atoms with Crippen molar-refractivity contribution in [3.05, 3.63) is 64.5 Å². The van der Waals surface area contributed by atoms with E-state index in [9.17, 15) is 4.79 Å². The van der Waals surface area contributed by atoms with Gasteiger partial charge >= 0.3 is 0 Å². The maximum absolute atomic E-state index is 12.4. The van der Waals surface area contributed by atoms with Crippen LogP contribution < -0.4 is 5.32 Å². The molecule has 3 aliphatic carbocycles. The topological polar surface area (TPSA) is 54.5 Å². The van der Waals surface area contributed by atoms with Gasteiger partial charge in [-0.15, -0.1) is 0 Å². The van der Waals surface area contributed by atoms with E-state index in [0.717, 1.165) is 12.8 Å². The van der Waals surface area contributed by atoms with Gasteiger partial charge in [0.2, 0.25) is 0 Å². The lowest BCUT2D eigenvalue weighted by atomic mass is 9.64. The summed E-state index contributed by atoms with van der Waals surface area (Å²) in [6, 6.07) is 5.40. The molecule has 0 bridgehead atoms. The molecule has 1 saturated carbocycles. The Hall–Kier alpha value is -2.20. The van der Waals surface area contributed by atoms with Gasteiger partial charge in [-0.3, -0.25) is 9.78 Å². The number of amides is 1. The van der Waals surface area contributed by atoms with E-state index in [4.69, 9.17) is 4.74 Å². The van der Waals surface area contributed by atoms with Crippen LogP contribution in [0.1, 0.15) is 63.4 Å². The van der Waals surface area contributed by atoms with Crippen molar-refractivity contribution < 1.29 is 9.53 Å². The first kappa shape index (κ1) is 18.8. The van der Waals surface area contributed by atoms with Crippen molar-refractivity contribution in [2.75, 3.05) is 6.54 Å². The van der Waals surface area contributed by atoms with Gasteiger partial charge in [-0.1, -0.05) is 44.6 Å². The first-order valence-corrected chi connectivity index (χ1v) is 10.9. The van der Waals surface area contributed by atoms with E-state index >= 15 is 0 Å². The third-order valence-corrected chi connectivity index (χ3v) is 7.46. The van der Waals surface area contributed by atoms with Gasteiger partial charge in [0.05, 0.1) is 6.10 Å². The zero-order valence-corrected chi connectivity index (χ0v) is 17.6. The molecule has 2 fully saturated rings. The number of carbonyl (C=O) groups excluding carboxylic acids is 1. The molecule has 1 saturated heterocycles. The first-order valence-electron chi connectivity index (χ1n) is 10.9. The Balaban J connectivity index is 1.41. The van der Waals surface area contributed by atoms with Crippen LogP contribution in [0.5, 0.6) is 0 Å². The van der Waals surface area contributed by atoms with Crippen molar-refractivity contribution in [3.63, 3.8) is 0 Å². The highest BCUT2D eigenvalue weighted by atomic mass is 16.6. The predicted octanol–water partition coefficient (Wildman–Crippen LogP) is 4.75. The number of carbonyl (C=O) groups is 1. The number of epoxide rings is 1. The van der Waals surface area contributed by atoms with Crippen molar-refractivity contribution in [1.29, 1.82) is 0 Å². The lowest BCUT2D eigenvalue weighted by Gasteiger charge is -2.39. The lowest BCUT2D eigenvalue weighted by molar-refractivity contribution is 0.0951. The van der Waals surface area contributed by atoms with E-state index < -0.39 is 0 Å². The standard InChI is InChI=1S/C25H30N2O2/c1-16(2)18-9-10-24(3)11-12-25-19(22(18)24)8-7-17(14-21(25)29-25)15-27-23(28)20-6-4-5-13-26-20/h4-8,13,16,21H,9-12,14-15H2,1-3H3,(H,27,28)/t21-,24+,25-/m0/s1. The molecule has 0 radical (unpaired) electrons. The smallest absolute Gasteiger partial charge is 0.270 e.